The van der Waals surface area contributed by atoms with Crippen molar-refractivity contribution in [2.24, 2.45) is 0 Å². The van der Waals surface area contributed by atoms with E-state index in [9.17, 15) is 4.79 Å². The second-order valence-electron chi connectivity index (χ2n) is 5.74. The van der Waals surface area contributed by atoms with Crippen molar-refractivity contribution in [2.45, 2.75) is 6.92 Å². The van der Waals surface area contributed by atoms with E-state index in [-0.39, 0.29) is 5.91 Å². The Morgan fingerprint density at radius 2 is 1.81 bits per heavy atom. The van der Waals surface area contributed by atoms with Gasteiger partial charge in [-0.05, 0) is 43.3 Å². The van der Waals surface area contributed by atoms with Crippen molar-refractivity contribution in [1.82, 2.24) is 9.78 Å². The van der Waals surface area contributed by atoms with Crippen molar-refractivity contribution in [3.8, 4) is 11.4 Å². The molecule has 0 radical (unpaired) electrons. The first kappa shape index (κ1) is 17.7. The van der Waals surface area contributed by atoms with Crippen molar-refractivity contribution in [3.63, 3.8) is 0 Å². The first-order valence-electron chi connectivity index (χ1n) is 8.32. The normalized spacial score (nSPS) is 10.5. The van der Waals surface area contributed by atoms with Crippen LogP contribution in [0.4, 0.5) is 5.82 Å². The maximum absolute atomic E-state index is 12.6. The molecule has 0 aliphatic carbocycles. The number of ether oxygens (including phenoxy) is 2. The van der Waals surface area contributed by atoms with E-state index >= 15 is 0 Å². The molecule has 0 spiro atoms. The van der Waals surface area contributed by atoms with Gasteiger partial charge in [0.1, 0.15) is 18.2 Å². The molecule has 1 aromatic heterocycles. The molecule has 1 N–H and O–H groups in total. The topological polar surface area (TPSA) is 65.4 Å². The van der Waals surface area contributed by atoms with Crippen LogP contribution in [0, 0.1) is 6.92 Å². The molecular weight excluding hydrogens is 330 g/mol. The van der Waals surface area contributed by atoms with E-state index in [1.807, 2.05) is 37.3 Å². The molecule has 0 aliphatic rings. The Morgan fingerprint density at radius 3 is 2.50 bits per heavy atom. The summed E-state index contributed by atoms with van der Waals surface area (Å²) in [7, 11) is 1.62. The molecule has 1 heterocycles. The second kappa shape index (κ2) is 8.31. The van der Waals surface area contributed by atoms with Gasteiger partial charge in [-0.1, -0.05) is 18.2 Å². The number of methoxy groups -OCH3 is 1. The fourth-order valence-electron chi connectivity index (χ4n) is 2.47. The standard InChI is InChI=1S/C20H21N3O3/c1-15-14-21-23(17-6-4-3-5-7-17)19(15)22-20(24)16-8-10-18(11-9-16)26-13-12-25-2/h3-11,14H,12-13H2,1-2H3,(H,22,24). The molecule has 3 aromatic rings. The maximum Gasteiger partial charge on any atom is 0.256 e. The summed E-state index contributed by atoms with van der Waals surface area (Å²) in [6.07, 6.45) is 1.73. The van der Waals surface area contributed by atoms with Crippen molar-refractivity contribution in [3.05, 3.63) is 71.9 Å². The smallest absolute Gasteiger partial charge is 0.256 e. The number of nitrogens with one attached hydrogen (secondary N) is 1. The van der Waals surface area contributed by atoms with Gasteiger partial charge >= 0.3 is 0 Å². The summed E-state index contributed by atoms with van der Waals surface area (Å²) in [4.78, 5) is 12.6. The predicted octanol–water partition coefficient (Wildman–Crippen LogP) is 3.46. The van der Waals surface area contributed by atoms with Crippen molar-refractivity contribution >= 4 is 11.7 Å². The van der Waals surface area contributed by atoms with Gasteiger partial charge in [-0.15, -0.1) is 0 Å². The Morgan fingerprint density at radius 1 is 1.08 bits per heavy atom. The van der Waals surface area contributed by atoms with Crippen LogP contribution in [-0.2, 0) is 4.74 Å². The van der Waals surface area contributed by atoms with E-state index in [0.717, 1.165) is 11.3 Å². The van der Waals surface area contributed by atoms with Gasteiger partial charge in [0.15, 0.2) is 0 Å². The van der Waals surface area contributed by atoms with E-state index in [1.54, 1.807) is 42.3 Å². The van der Waals surface area contributed by atoms with E-state index in [4.69, 9.17) is 9.47 Å². The quantitative estimate of drug-likeness (QED) is 0.662. The highest BCUT2D eigenvalue weighted by Gasteiger charge is 2.14. The summed E-state index contributed by atoms with van der Waals surface area (Å²) < 4.78 is 12.2. The molecule has 0 bridgehead atoms. The molecule has 26 heavy (non-hydrogen) atoms. The van der Waals surface area contributed by atoms with Gasteiger partial charge in [-0.3, -0.25) is 4.79 Å². The molecule has 6 nitrogen and oxygen atoms in total. The van der Waals surface area contributed by atoms with Gasteiger partial charge in [0.25, 0.3) is 5.91 Å². The number of hydrogen-bond acceptors (Lipinski definition) is 4. The number of carbonyl (C=O) groups excluding carboxylic acids is 1. The van der Waals surface area contributed by atoms with Crippen LogP contribution >= 0.6 is 0 Å². The molecule has 0 saturated heterocycles. The number of nitrogens with zero attached hydrogens (tertiary/aromatic N) is 2. The van der Waals surface area contributed by atoms with Crippen LogP contribution in [0.5, 0.6) is 5.75 Å². The van der Waals surface area contributed by atoms with Crippen LogP contribution in [0.1, 0.15) is 15.9 Å². The summed E-state index contributed by atoms with van der Waals surface area (Å²) in [5.41, 5.74) is 2.32. The molecule has 0 saturated carbocycles. The number of hydrogen-bond donors (Lipinski definition) is 1. The molecule has 3 rings (SSSR count). The van der Waals surface area contributed by atoms with Crippen LogP contribution in [-0.4, -0.2) is 36.0 Å². The zero-order valence-corrected chi connectivity index (χ0v) is 14.8. The Kier molecular flexibility index (Phi) is 5.66. The van der Waals surface area contributed by atoms with E-state index in [0.29, 0.717) is 30.3 Å². The lowest BCUT2D eigenvalue weighted by Crippen LogP contribution is -2.16. The number of aromatic nitrogens is 2. The Labute approximate surface area is 152 Å². The van der Waals surface area contributed by atoms with Crippen LogP contribution in [0.25, 0.3) is 5.69 Å². The first-order chi connectivity index (χ1) is 12.7. The second-order valence-corrected chi connectivity index (χ2v) is 5.74. The van der Waals surface area contributed by atoms with E-state index in [2.05, 4.69) is 10.4 Å². The molecule has 0 aliphatic heterocycles. The highest BCUT2D eigenvalue weighted by molar-refractivity contribution is 6.04. The SMILES string of the molecule is COCCOc1ccc(C(=O)Nc2c(C)cnn2-c2ccccc2)cc1. The fraction of sp³-hybridized carbons (Fsp3) is 0.200. The first-order valence-corrected chi connectivity index (χ1v) is 8.32. The van der Waals surface area contributed by atoms with E-state index in [1.165, 1.54) is 0 Å². The number of carbonyl (C=O) groups is 1. The number of para-hydroxylation sites is 1. The lowest BCUT2D eigenvalue weighted by molar-refractivity contribution is 0.102. The highest BCUT2D eigenvalue weighted by atomic mass is 16.5. The molecule has 0 atom stereocenters. The lowest BCUT2D eigenvalue weighted by atomic mass is 10.2. The third kappa shape index (κ3) is 4.10. The molecule has 134 valence electrons. The van der Waals surface area contributed by atoms with Gasteiger partial charge in [0.05, 0.1) is 18.5 Å². The minimum absolute atomic E-state index is 0.200. The maximum atomic E-state index is 12.6. The zero-order valence-electron chi connectivity index (χ0n) is 14.8. The summed E-state index contributed by atoms with van der Waals surface area (Å²) in [6.45, 7) is 2.90. The molecule has 0 unspecified atom stereocenters. The van der Waals surface area contributed by atoms with Crippen LogP contribution in [0.3, 0.4) is 0 Å². The van der Waals surface area contributed by atoms with Crippen molar-refractivity contribution in [2.75, 3.05) is 25.6 Å². The summed E-state index contributed by atoms with van der Waals surface area (Å²) in [5.74, 6) is 1.15. The fourth-order valence-corrected chi connectivity index (χ4v) is 2.47. The molecule has 1 amide bonds. The van der Waals surface area contributed by atoms with Crippen molar-refractivity contribution in [1.29, 1.82) is 0 Å². The number of rotatable bonds is 7. The minimum Gasteiger partial charge on any atom is -0.491 e. The average Bonchev–Trinajstić information content (AvgIpc) is 3.04. The Balaban J connectivity index is 1.73. The average molecular weight is 351 g/mol. The highest BCUT2D eigenvalue weighted by Crippen LogP contribution is 2.20. The van der Waals surface area contributed by atoms with Gasteiger partial charge in [-0.2, -0.15) is 5.10 Å². The summed E-state index contributed by atoms with van der Waals surface area (Å²) in [6, 6.07) is 16.7. The molecule has 0 fully saturated rings. The molecule has 6 heteroatoms. The Hall–Kier alpha value is -3.12. The van der Waals surface area contributed by atoms with Gasteiger partial charge < -0.3 is 14.8 Å². The predicted molar refractivity (Wildman–Crippen MR) is 100 cm³/mol. The minimum atomic E-state index is -0.200. The van der Waals surface area contributed by atoms with Crippen LogP contribution in [0.15, 0.2) is 60.8 Å². The summed E-state index contributed by atoms with van der Waals surface area (Å²) in [5, 5.41) is 7.30. The van der Waals surface area contributed by atoms with Crippen LogP contribution in [0.2, 0.25) is 0 Å². The van der Waals surface area contributed by atoms with Crippen molar-refractivity contribution < 1.29 is 14.3 Å². The summed E-state index contributed by atoms with van der Waals surface area (Å²) >= 11 is 0. The third-order valence-corrected chi connectivity index (χ3v) is 3.86. The third-order valence-electron chi connectivity index (χ3n) is 3.86. The number of benzene rings is 2. The Bertz CT molecular complexity index is 858. The van der Waals surface area contributed by atoms with Gasteiger partial charge in [0, 0.05) is 18.2 Å². The van der Waals surface area contributed by atoms with Gasteiger partial charge in [-0.25, -0.2) is 4.68 Å². The van der Waals surface area contributed by atoms with E-state index < -0.39 is 0 Å². The molecule has 2 aromatic carbocycles. The number of aryl methyl sites for hydroxylation is 1. The monoisotopic (exact) mass is 351 g/mol. The number of anilines is 1. The largest absolute Gasteiger partial charge is 0.491 e. The lowest BCUT2D eigenvalue weighted by Gasteiger charge is -2.11. The van der Waals surface area contributed by atoms with Crippen LogP contribution < -0.4 is 10.1 Å². The van der Waals surface area contributed by atoms with Gasteiger partial charge in [0.2, 0.25) is 0 Å². The molecular formula is C20H21N3O3. The zero-order chi connectivity index (χ0) is 18.4. The number of amides is 1.